The van der Waals surface area contributed by atoms with Crippen molar-refractivity contribution in [2.24, 2.45) is 0 Å². The summed E-state index contributed by atoms with van der Waals surface area (Å²) in [6.45, 7) is 8.48. The summed E-state index contributed by atoms with van der Waals surface area (Å²) in [4.78, 5) is 11.8. The Labute approximate surface area is 228 Å². The van der Waals surface area contributed by atoms with E-state index in [4.69, 9.17) is 9.47 Å². The van der Waals surface area contributed by atoms with E-state index in [0.29, 0.717) is 11.7 Å². The SMILES string of the molecule is CCCCCCCCCCCCSC(CCCCCCCC)C(C)OCC(OCCC)(P=O)C(=O)O. The summed E-state index contributed by atoms with van der Waals surface area (Å²) in [5.41, 5.74) is 0. The van der Waals surface area contributed by atoms with Gasteiger partial charge in [-0.05, 0) is 31.9 Å². The van der Waals surface area contributed by atoms with Crippen molar-refractivity contribution in [1.29, 1.82) is 0 Å². The van der Waals surface area contributed by atoms with Gasteiger partial charge in [0.05, 0.1) is 12.7 Å². The number of carbonyl (C=O) groups is 1. The zero-order valence-corrected chi connectivity index (χ0v) is 25.7. The first-order valence-electron chi connectivity index (χ1n) is 14.9. The van der Waals surface area contributed by atoms with Gasteiger partial charge < -0.3 is 14.6 Å². The van der Waals surface area contributed by atoms with Gasteiger partial charge in [-0.3, -0.25) is 4.57 Å². The van der Waals surface area contributed by atoms with Gasteiger partial charge in [-0.1, -0.05) is 117 Å². The molecule has 5 nitrogen and oxygen atoms in total. The summed E-state index contributed by atoms with van der Waals surface area (Å²) in [5.74, 6) is -0.119. The van der Waals surface area contributed by atoms with Gasteiger partial charge in [0.2, 0.25) is 8.46 Å². The smallest absolute Gasteiger partial charge is 0.350 e. The minimum atomic E-state index is -1.81. The van der Waals surface area contributed by atoms with Gasteiger partial charge in [-0.25, -0.2) is 4.79 Å². The van der Waals surface area contributed by atoms with Gasteiger partial charge in [-0.2, -0.15) is 11.8 Å². The fourth-order valence-corrected chi connectivity index (χ4v) is 5.99. The molecule has 0 bridgehead atoms. The molecule has 0 aliphatic heterocycles. The lowest BCUT2D eigenvalue weighted by atomic mass is 10.1. The Morgan fingerprint density at radius 1 is 0.806 bits per heavy atom. The largest absolute Gasteiger partial charge is 0.478 e. The van der Waals surface area contributed by atoms with E-state index in [0.717, 1.165) is 12.2 Å². The van der Waals surface area contributed by atoms with Crippen molar-refractivity contribution in [3.8, 4) is 0 Å². The lowest BCUT2D eigenvalue weighted by molar-refractivity contribution is -0.162. The number of ether oxygens (including phenoxy) is 2. The molecule has 0 aromatic heterocycles. The van der Waals surface area contributed by atoms with Crippen LogP contribution < -0.4 is 0 Å². The molecule has 3 atom stereocenters. The molecule has 36 heavy (non-hydrogen) atoms. The third kappa shape index (κ3) is 18.2. The van der Waals surface area contributed by atoms with Crippen molar-refractivity contribution in [2.75, 3.05) is 19.0 Å². The monoisotopic (exact) mass is 548 g/mol. The molecule has 0 aliphatic carbocycles. The zero-order chi connectivity index (χ0) is 26.9. The predicted octanol–water partition coefficient (Wildman–Crippen LogP) is 9.66. The van der Waals surface area contributed by atoms with Gasteiger partial charge in [0.25, 0.3) is 5.34 Å². The lowest BCUT2D eigenvalue weighted by Crippen LogP contribution is -2.43. The fraction of sp³-hybridized carbons (Fsp3) is 0.966. The molecule has 0 fully saturated rings. The van der Waals surface area contributed by atoms with Crippen LogP contribution in [0.1, 0.15) is 143 Å². The molecule has 0 saturated heterocycles. The number of rotatable bonds is 28. The van der Waals surface area contributed by atoms with E-state index in [-0.39, 0.29) is 19.3 Å². The molecule has 0 aliphatic rings. The molecule has 1 N–H and O–H groups in total. The van der Waals surface area contributed by atoms with E-state index < -0.39 is 19.8 Å². The molecular formula is C29H57O5PS. The maximum Gasteiger partial charge on any atom is 0.350 e. The maximum atomic E-state index is 11.8. The number of aliphatic carboxylic acids is 1. The highest BCUT2D eigenvalue weighted by atomic mass is 32.2. The van der Waals surface area contributed by atoms with Crippen LogP contribution in [0.5, 0.6) is 0 Å². The standard InChI is InChI=1S/C29H57O5PS/c1-5-8-10-12-14-15-16-17-19-21-24-36-27(22-20-18-13-11-9-6-2)26(4)33-25-29(35-32,28(30)31)34-23-7-3/h26-27H,5-25H2,1-4H3,(H,30,31). The molecule has 214 valence electrons. The van der Waals surface area contributed by atoms with Crippen LogP contribution >= 0.6 is 20.2 Å². The van der Waals surface area contributed by atoms with Crippen molar-refractivity contribution in [1.82, 2.24) is 0 Å². The Hall–Kier alpha value is -0.160. The van der Waals surface area contributed by atoms with Crippen LogP contribution in [0.3, 0.4) is 0 Å². The van der Waals surface area contributed by atoms with Gasteiger partial charge in [0, 0.05) is 11.9 Å². The van der Waals surface area contributed by atoms with Crippen LogP contribution in [-0.2, 0) is 18.8 Å². The van der Waals surface area contributed by atoms with Crippen molar-refractivity contribution in [3.63, 3.8) is 0 Å². The summed E-state index contributed by atoms with van der Waals surface area (Å²) in [7, 11) is -0.560. The first-order valence-corrected chi connectivity index (χ1v) is 16.8. The summed E-state index contributed by atoms with van der Waals surface area (Å²) in [6, 6.07) is 0. The number of carboxylic acid groups (broad SMARTS) is 1. The van der Waals surface area contributed by atoms with E-state index in [1.54, 1.807) is 0 Å². The number of carboxylic acids is 1. The first-order chi connectivity index (χ1) is 17.5. The molecular weight excluding hydrogens is 491 g/mol. The second-order valence-electron chi connectivity index (χ2n) is 10.2. The molecule has 3 unspecified atom stereocenters. The maximum absolute atomic E-state index is 11.8. The molecule has 7 heteroatoms. The van der Waals surface area contributed by atoms with Crippen LogP contribution in [0, 0.1) is 0 Å². The van der Waals surface area contributed by atoms with Crippen molar-refractivity contribution >= 4 is 26.2 Å². The molecule has 0 aromatic rings. The Kier molecular flexibility index (Phi) is 25.0. The van der Waals surface area contributed by atoms with E-state index in [1.807, 2.05) is 25.6 Å². The third-order valence-electron chi connectivity index (χ3n) is 6.76. The molecule has 0 aromatic carbocycles. The number of hydrogen-bond donors (Lipinski definition) is 1. The van der Waals surface area contributed by atoms with Crippen LogP contribution in [0.2, 0.25) is 0 Å². The number of unbranched alkanes of at least 4 members (excludes halogenated alkanes) is 14. The summed E-state index contributed by atoms with van der Waals surface area (Å²) >= 11 is 1.97. The molecule has 0 amide bonds. The summed E-state index contributed by atoms with van der Waals surface area (Å²) in [5, 5.41) is 8.15. The minimum Gasteiger partial charge on any atom is -0.478 e. The number of thioether (sulfide) groups is 1. The Bertz CT molecular complexity index is 522. The van der Waals surface area contributed by atoms with Crippen LogP contribution in [0.15, 0.2) is 0 Å². The van der Waals surface area contributed by atoms with Crippen molar-refractivity contribution < 1.29 is 23.9 Å². The van der Waals surface area contributed by atoms with E-state index >= 15 is 0 Å². The third-order valence-corrected chi connectivity index (χ3v) is 9.08. The van der Waals surface area contributed by atoms with Crippen molar-refractivity contribution in [2.45, 2.75) is 160 Å². The predicted molar refractivity (Wildman–Crippen MR) is 156 cm³/mol. The Balaban J connectivity index is 4.54. The average molecular weight is 549 g/mol. The minimum absolute atomic E-state index is 0.112. The molecule has 0 spiro atoms. The molecule has 0 saturated carbocycles. The number of hydrogen-bond acceptors (Lipinski definition) is 5. The molecule has 0 radical (unpaired) electrons. The van der Waals surface area contributed by atoms with Gasteiger partial charge in [-0.15, -0.1) is 0 Å². The zero-order valence-electron chi connectivity index (χ0n) is 23.9. The highest BCUT2D eigenvalue weighted by molar-refractivity contribution is 7.99. The normalized spacial score (nSPS) is 15.1. The topological polar surface area (TPSA) is 72.8 Å². The Morgan fingerprint density at radius 2 is 1.31 bits per heavy atom. The second-order valence-corrected chi connectivity index (χ2v) is 12.4. The second kappa shape index (κ2) is 25.1. The van der Waals surface area contributed by atoms with Crippen LogP contribution in [-0.4, -0.2) is 46.7 Å². The van der Waals surface area contributed by atoms with Gasteiger partial charge in [0.15, 0.2) is 0 Å². The van der Waals surface area contributed by atoms with E-state index in [2.05, 4.69) is 13.8 Å². The highest BCUT2D eigenvalue weighted by Gasteiger charge is 2.42. The average Bonchev–Trinajstić information content (AvgIpc) is 2.88. The van der Waals surface area contributed by atoms with E-state index in [9.17, 15) is 14.5 Å². The quantitative estimate of drug-likeness (QED) is 0.0775. The molecule has 0 rings (SSSR count). The highest BCUT2D eigenvalue weighted by Crippen LogP contribution is 2.30. The van der Waals surface area contributed by atoms with Crippen LogP contribution in [0.25, 0.3) is 0 Å². The van der Waals surface area contributed by atoms with Crippen molar-refractivity contribution in [3.05, 3.63) is 0 Å². The van der Waals surface area contributed by atoms with Gasteiger partial charge >= 0.3 is 5.97 Å². The fourth-order valence-electron chi connectivity index (χ4n) is 4.28. The van der Waals surface area contributed by atoms with Crippen LogP contribution in [0.4, 0.5) is 0 Å². The lowest BCUT2D eigenvalue weighted by Gasteiger charge is -2.28. The summed E-state index contributed by atoms with van der Waals surface area (Å²) in [6.07, 6.45) is 22.6. The first kappa shape index (κ1) is 35.8. The summed E-state index contributed by atoms with van der Waals surface area (Å²) < 4.78 is 23.2. The molecule has 0 heterocycles. The van der Waals surface area contributed by atoms with E-state index in [1.165, 1.54) is 103 Å². The van der Waals surface area contributed by atoms with Gasteiger partial charge in [0.1, 0.15) is 0 Å². The Morgan fingerprint density at radius 3 is 1.78 bits per heavy atom.